The summed E-state index contributed by atoms with van der Waals surface area (Å²) in [5, 5.41) is 7.47. The van der Waals surface area contributed by atoms with Crippen molar-refractivity contribution in [3.63, 3.8) is 0 Å². The molecule has 0 spiro atoms. The van der Waals surface area contributed by atoms with E-state index in [1.165, 1.54) is 12.8 Å². The van der Waals surface area contributed by atoms with Crippen molar-refractivity contribution in [1.29, 1.82) is 0 Å². The molecule has 23 heavy (non-hydrogen) atoms. The first kappa shape index (κ1) is 16.5. The van der Waals surface area contributed by atoms with Crippen LogP contribution in [0.15, 0.2) is 12.3 Å². The smallest absolute Gasteiger partial charge is 0.241 e. The molecule has 6 nitrogen and oxygen atoms in total. The highest BCUT2D eigenvalue weighted by Crippen LogP contribution is 2.38. The molecule has 0 radical (unpaired) electrons. The molecule has 1 amide bonds. The van der Waals surface area contributed by atoms with E-state index in [0.29, 0.717) is 6.61 Å². The molecule has 3 rings (SSSR count). The van der Waals surface area contributed by atoms with Crippen LogP contribution in [-0.2, 0) is 16.6 Å². The number of ether oxygens (including phenoxy) is 1. The third kappa shape index (κ3) is 3.15. The molecule has 2 fully saturated rings. The summed E-state index contributed by atoms with van der Waals surface area (Å²) in [6, 6.07) is 1.79. The summed E-state index contributed by atoms with van der Waals surface area (Å²) in [4.78, 5) is 15.6. The van der Waals surface area contributed by atoms with Crippen molar-refractivity contribution in [2.24, 2.45) is 7.05 Å². The van der Waals surface area contributed by atoms with E-state index in [1.54, 1.807) is 18.0 Å². The second-order valence-electron chi connectivity index (χ2n) is 6.79. The van der Waals surface area contributed by atoms with Gasteiger partial charge < -0.3 is 10.1 Å². The molecule has 1 N–H and O–H groups in total. The van der Waals surface area contributed by atoms with Gasteiger partial charge >= 0.3 is 0 Å². The summed E-state index contributed by atoms with van der Waals surface area (Å²) in [5.74, 6) is 0.167. The summed E-state index contributed by atoms with van der Waals surface area (Å²) < 4.78 is 7.14. The maximum atomic E-state index is 13.2. The predicted molar refractivity (Wildman–Crippen MR) is 88.0 cm³/mol. The highest BCUT2D eigenvalue weighted by molar-refractivity contribution is 5.87. The van der Waals surface area contributed by atoms with Crippen LogP contribution < -0.4 is 5.32 Å². The number of aromatic nitrogens is 2. The first-order valence-corrected chi connectivity index (χ1v) is 8.70. The molecule has 1 aromatic heterocycles. The zero-order chi connectivity index (χ0) is 16.3. The van der Waals surface area contributed by atoms with Crippen molar-refractivity contribution in [3.05, 3.63) is 18.0 Å². The van der Waals surface area contributed by atoms with E-state index >= 15 is 0 Å². The average molecular weight is 320 g/mol. The Kier molecular flexibility index (Phi) is 5.02. The van der Waals surface area contributed by atoms with E-state index in [2.05, 4.69) is 15.3 Å². The van der Waals surface area contributed by atoms with Crippen LogP contribution in [0.2, 0.25) is 0 Å². The van der Waals surface area contributed by atoms with Crippen molar-refractivity contribution in [3.8, 4) is 0 Å². The van der Waals surface area contributed by atoms with Gasteiger partial charge in [0.15, 0.2) is 0 Å². The lowest BCUT2D eigenvalue weighted by Crippen LogP contribution is -2.57. The Bertz CT molecular complexity index is 530. The van der Waals surface area contributed by atoms with Gasteiger partial charge in [0, 0.05) is 20.4 Å². The lowest BCUT2D eigenvalue weighted by molar-refractivity contribution is -0.134. The lowest BCUT2D eigenvalue weighted by Gasteiger charge is -2.38. The number of hydrogen-bond acceptors (Lipinski definition) is 4. The minimum absolute atomic E-state index is 0.153. The number of aryl methyl sites for hydroxylation is 1. The molecule has 1 aliphatic heterocycles. The highest BCUT2D eigenvalue weighted by Gasteiger charge is 2.47. The molecule has 2 heterocycles. The van der Waals surface area contributed by atoms with Crippen LogP contribution in [0.25, 0.3) is 0 Å². The summed E-state index contributed by atoms with van der Waals surface area (Å²) in [6.45, 7) is 2.56. The van der Waals surface area contributed by atoms with Gasteiger partial charge in [-0.2, -0.15) is 5.10 Å². The number of hydrogen-bond donors (Lipinski definition) is 1. The quantitative estimate of drug-likeness (QED) is 0.865. The third-order valence-electron chi connectivity index (χ3n) is 5.42. The molecule has 0 unspecified atom stereocenters. The van der Waals surface area contributed by atoms with Crippen LogP contribution in [-0.4, -0.2) is 52.9 Å². The first-order chi connectivity index (χ1) is 11.2. The van der Waals surface area contributed by atoms with Crippen LogP contribution in [0.4, 0.5) is 0 Å². The van der Waals surface area contributed by atoms with Gasteiger partial charge in [0.2, 0.25) is 5.91 Å². The van der Waals surface area contributed by atoms with Gasteiger partial charge in [0.05, 0.1) is 18.3 Å². The minimum atomic E-state index is -0.304. The van der Waals surface area contributed by atoms with Crippen molar-refractivity contribution < 1.29 is 9.53 Å². The van der Waals surface area contributed by atoms with Crippen LogP contribution >= 0.6 is 0 Å². The minimum Gasteiger partial charge on any atom is -0.382 e. The summed E-state index contributed by atoms with van der Waals surface area (Å²) in [5.41, 5.74) is 0.677. The molecule has 128 valence electrons. The highest BCUT2D eigenvalue weighted by atomic mass is 16.5. The Morgan fingerprint density at radius 2 is 2.04 bits per heavy atom. The number of amides is 1. The molecule has 2 aliphatic rings. The molecular weight excluding hydrogens is 292 g/mol. The molecule has 0 bridgehead atoms. The van der Waals surface area contributed by atoms with E-state index in [0.717, 1.165) is 44.5 Å². The van der Waals surface area contributed by atoms with Gasteiger partial charge in [-0.1, -0.05) is 12.8 Å². The Morgan fingerprint density at radius 1 is 1.35 bits per heavy atom. The standard InChI is InChI=1S/C17H28N4O2/c1-20-15(7-10-18-20)14(13-23-2)19-16(22)17(8-3-4-9-17)21-11-5-6-12-21/h7,10,14H,3-6,8-9,11-13H2,1-2H3,(H,19,22)/t14-/m0/s1. The monoisotopic (exact) mass is 320 g/mol. The normalized spacial score (nSPS) is 22.3. The van der Waals surface area contributed by atoms with Gasteiger partial charge in [0.1, 0.15) is 5.54 Å². The fraction of sp³-hybridized carbons (Fsp3) is 0.765. The molecule has 6 heteroatoms. The first-order valence-electron chi connectivity index (χ1n) is 8.70. The van der Waals surface area contributed by atoms with Crippen molar-refractivity contribution in [2.45, 2.75) is 50.1 Å². The third-order valence-corrected chi connectivity index (χ3v) is 5.42. The number of rotatable bonds is 6. The number of likely N-dealkylation sites (tertiary alicyclic amines) is 1. The SMILES string of the molecule is COC[C@H](NC(=O)C1(N2CCCC2)CCCC1)c1ccnn1C. The fourth-order valence-corrected chi connectivity index (χ4v) is 4.18. The number of nitrogens with zero attached hydrogens (tertiary/aromatic N) is 3. The number of carbonyl (C=O) groups excluding carboxylic acids is 1. The zero-order valence-electron chi connectivity index (χ0n) is 14.3. The van der Waals surface area contributed by atoms with Crippen LogP contribution in [0.3, 0.4) is 0 Å². The van der Waals surface area contributed by atoms with Crippen molar-refractivity contribution in [1.82, 2.24) is 20.0 Å². The van der Waals surface area contributed by atoms with E-state index in [4.69, 9.17) is 4.74 Å². The molecular formula is C17H28N4O2. The lowest BCUT2D eigenvalue weighted by atomic mass is 9.93. The molecule has 1 aromatic rings. The molecule has 1 saturated heterocycles. The number of nitrogens with one attached hydrogen (secondary N) is 1. The summed E-state index contributed by atoms with van der Waals surface area (Å²) in [7, 11) is 3.57. The largest absolute Gasteiger partial charge is 0.382 e. The Hall–Kier alpha value is -1.40. The summed E-state index contributed by atoms with van der Waals surface area (Å²) >= 11 is 0. The van der Waals surface area contributed by atoms with Crippen LogP contribution in [0.5, 0.6) is 0 Å². The Labute approximate surface area is 138 Å². The van der Waals surface area contributed by atoms with Crippen LogP contribution in [0.1, 0.15) is 50.3 Å². The average Bonchev–Trinajstić information content (AvgIpc) is 3.28. The maximum absolute atomic E-state index is 13.2. The van der Waals surface area contributed by atoms with E-state index in [9.17, 15) is 4.79 Å². The van der Waals surface area contributed by atoms with Gasteiger partial charge in [-0.25, -0.2) is 0 Å². The van der Waals surface area contributed by atoms with Gasteiger partial charge in [-0.3, -0.25) is 14.4 Å². The fourth-order valence-electron chi connectivity index (χ4n) is 4.18. The summed E-state index contributed by atoms with van der Waals surface area (Å²) in [6.07, 6.45) is 8.41. The molecule has 1 atom stereocenters. The molecule has 1 aliphatic carbocycles. The molecule has 1 saturated carbocycles. The topological polar surface area (TPSA) is 59.4 Å². The Morgan fingerprint density at radius 3 is 2.61 bits per heavy atom. The van der Waals surface area contributed by atoms with E-state index in [1.807, 2.05) is 13.1 Å². The van der Waals surface area contributed by atoms with Gasteiger partial charge in [0.25, 0.3) is 0 Å². The van der Waals surface area contributed by atoms with Crippen molar-refractivity contribution >= 4 is 5.91 Å². The Balaban J connectivity index is 1.78. The number of carbonyl (C=O) groups is 1. The second-order valence-corrected chi connectivity index (χ2v) is 6.79. The van der Waals surface area contributed by atoms with Gasteiger partial charge in [-0.15, -0.1) is 0 Å². The predicted octanol–water partition coefficient (Wildman–Crippen LogP) is 1.63. The maximum Gasteiger partial charge on any atom is 0.241 e. The van der Waals surface area contributed by atoms with Gasteiger partial charge in [-0.05, 0) is 44.8 Å². The number of methoxy groups -OCH3 is 1. The van der Waals surface area contributed by atoms with Crippen molar-refractivity contribution in [2.75, 3.05) is 26.8 Å². The second kappa shape index (κ2) is 7.01. The van der Waals surface area contributed by atoms with E-state index in [-0.39, 0.29) is 17.5 Å². The molecule has 0 aromatic carbocycles. The van der Waals surface area contributed by atoms with Crippen LogP contribution in [0, 0.1) is 0 Å². The van der Waals surface area contributed by atoms with E-state index < -0.39 is 0 Å². The zero-order valence-corrected chi connectivity index (χ0v) is 14.3.